The monoisotopic (exact) mass is 1880 g/mol. The molecule has 10 nitrogen and oxygen atoms in total. The second-order valence-electron chi connectivity index (χ2n) is 40.2. The molecule has 8 aliphatic heterocycles. The van der Waals surface area contributed by atoms with Crippen molar-refractivity contribution >= 4 is 258 Å². The van der Waals surface area contributed by atoms with Gasteiger partial charge in [0, 0.05) is 163 Å². The van der Waals surface area contributed by atoms with E-state index in [1.54, 1.807) is 0 Å². The molecule has 15 heteroatoms. The van der Waals surface area contributed by atoms with Gasteiger partial charge in [0.15, 0.2) is 0 Å². The smallest absolute Gasteiger partial charge is 0.359 e. The van der Waals surface area contributed by atoms with Crippen molar-refractivity contribution in [2.45, 2.75) is 0 Å². The third-order valence-electron chi connectivity index (χ3n) is 33.2. The molecule has 0 radical (unpaired) electrons. The third kappa shape index (κ3) is 10.7. The number of benzene rings is 22. The van der Waals surface area contributed by atoms with Crippen LogP contribution in [0.15, 0.2) is 485 Å². The van der Waals surface area contributed by atoms with E-state index in [2.05, 4.69) is 532 Å². The number of hydrogen-bond acceptors (Lipinski definition) is 5. The number of para-hydroxylation sites is 13. The summed E-state index contributed by atoms with van der Waals surface area (Å²) in [5.41, 5.74) is 46.5. The first-order chi connectivity index (χ1) is 73.1. The molecule has 0 aliphatic carbocycles. The molecule has 676 valence electrons. The molecular weight excluding hydrogens is 1800 g/mol. The fraction of sp³-hybridized carbons (Fsp3) is 0. The van der Waals surface area contributed by atoms with E-state index >= 15 is 0 Å². The van der Waals surface area contributed by atoms with Crippen molar-refractivity contribution in [3.8, 4) is 67.0 Å². The van der Waals surface area contributed by atoms with Crippen molar-refractivity contribution in [2.24, 2.45) is 0 Å². The van der Waals surface area contributed by atoms with Crippen LogP contribution in [0.4, 0.5) is 45.5 Å². The van der Waals surface area contributed by atoms with Gasteiger partial charge in [-0.3, -0.25) is 0 Å². The summed E-state index contributed by atoms with van der Waals surface area (Å²) in [5, 5.41) is 18.4. The Morgan fingerprint density at radius 3 is 0.864 bits per heavy atom. The van der Waals surface area contributed by atoms with E-state index in [9.17, 15) is 0 Å². The van der Waals surface area contributed by atoms with Gasteiger partial charge in [-0.05, 0) is 183 Å². The highest BCUT2D eigenvalue weighted by Crippen LogP contribution is 2.57. The lowest BCUT2D eigenvalue weighted by Crippen LogP contribution is -2.51. The molecule has 0 atom stereocenters. The molecule has 37 rings (SSSR count). The number of anilines is 8. The lowest BCUT2D eigenvalue weighted by atomic mass is 9.60. The largest absolute Gasteiger partial charge is 0.421 e. The minimum absolute atomic E-state index is 0.0666. The van der Waals surface area contributed by atoms with Crippen LogP contribution in [-0.2, 0) is 0 Å². The van der Waals surface area contributed by atoms with E-state index in [-0.39, 0.29) is 27.9 Å². The highest BCUT2D eigenvalue weighted by Gasteiger charge is 2.51. The number of hydrogen-bond donors (Lipinski definition) is 0. The SMILES string of the molecule is c1ccc2c(c1)B1N(c3ccc(-c4cccc5c4sc4ccccc45)cc3-2)c2cccc3c4ccccc4n1c23.c1ccc2c(c1)B1N(c3ccc(-n4c5ccccc5c5ccccc54)cc3-2)c2cccc3c4ccccc4n1c23.c1ccc2c(c1)B1N(c3ccccc3-2)c2cc(-n3c4ccccc4c4ccccc43)cc3c4ccccc4n1c23.c1ccc2c(c1)B1N(c3ccccc3-2)c2cccc3c4ccccc4n1c23. The lowest BCUT2D eigenvalue weighted by Gasteiger charge is -2.35. The molecule has 0 saturated carbocycles. The topological polar surface area (TPSA) is 42.5 Å². The molecule has 147 heavy (non-hydrogen) atoms. The van der Waals surface area contributed by atoms with Crippen LogP contribution in [0.25, 0.3) is 218 Å². The minimum atomic E-state index is 0.0666. The lowest BCUT2D eigenvalue weighted by molar-refractivity contribution is 1.18. The van der Waals surface area contributed by atoms with E-state index in [0.29, 0.717) is 0 Å². The molecule has 0 amide bonds. The van der Waals surface area contributed by atoms with Gasteiger partial charge in [-0.1, -0.05) is 358 Å². The Hall–Kier alpha value is -18.7. The maximum Gasteiger partial charge on any atom is 0.421 e. The summed E-state index contributed by atoms with van der Waals surface area (Å²) in [5.74, 6) is 0. The maximum atomic E-state index is 2.57. The van der Waals surface area contributed by atoms with E-state index < -0.39 is 0 Å². The van der Waals surface area contributed by atoms with Crippen LogP contribution in [0, 0.1) is 0 Å². The average Bonchev–Trinajstić information content (AvgIpc) is 1.54. The van der Waals surface area contributed by atoms with Crippen LogP contribution in [0.2, 0.25) is 0 Å². The third-order valence-corrected chi connectivity index (χ3v) is 34.4. The predicted octanol–water partition coefficient (Wildman–Crippen LogP) is 30.9. The zero-order valence-electron chi connectivity index (χ0n) is 79.4. The van der Waals surface area contributed by atoms with Gasteiger partial charge in [0.2, 0.25) is 0 Å². The maximum absolute atomic E-state index is 2.57. The number of fused-ring (bicyclic) bond motifs is 53. The van der Waals surface area contributed by atoms with Gasteiger partial charge in [-0.2, -0.15) is 0 Å². The highest BCUT2D eigenvalue weighted by atomic mass is 32.1. The minimum Gasteiger partial charge on any atom is -0.359 e. The van der Waals surface area contributed by atoms with Crippen molar-refractivity contribution in [3.05, 3.63) is 485 Å². The molecule has 22 aromatic carbocycles. The predicted molar refractivity (Wildman–Crippen MR) is 624 cm³/mol. The van der Waals surface area contributed by atoms with Crippen molar-refractivity contribution in [1.29, 1.82) is 0 Å². The summed E-state index contributed by atoms with van der Waals surface area (Å²) in [6.07, 6.45) is 0. The summed E-state index contributed by atoms with van der Waals surface area (Å²) < 4.78 is 17.8. The first-order valence-corrected chi connectivity index (χ1v) is 51.9. The molecule has 0 fully saturated rings. The van der Waals surface area contributed by atoms with Crippen LogP contribution in [0.3, 0.4) is 0 Å². The normalized spacial score (nSPS) is 13.5. The average molecular weight is 1880 g/mol. The van der Waals surface area contributed by atoms with E-state index in [0.717, 1.165) is 0 Å². The summed E-state index contributed by atoms with van der Waals surface area (Å²) in [6, 6.07) is 179. The number of aromatic nitrogens is 6. The van der Waals surface area contributed by atoms with Crippen LogP contribution in [0.5, 0.6) is 0 Å². The van der Waals surface area contributed by atoms with E-state index in [1.807, 2.05) is 11.3 Å². The molecule has 0 unspecified atom stereocenters. The first kappa shape index (κ1) is 79.9. The number of thiophene rings is 1. The Morgan fingerprint density at radius 2 is 0.435 bits per heavy atom. The molecule has 0 saturated heterocycles. The first-order valence-electron chi connectivity index (χ1n) is 51.1. The summed E-state index contributed by atoms with van der Waals surface area (Å²) in [4.78, 5) is 10.2. The van der Waals surface area contributed by atoms with Crippen molar-refractivity contribution < 1.29 is 0 Å². The fourth-order valence-corrected chi connectivity index (χ4v) is 28.8. The van der Waals surface area contributed by atoms with Gasteiger partial charge in [-0.15, -0.1) is 11.3 Å². The molecule has 29 aromatic rings. The Morgan fingerprint density at radius 1 is 0.156 bits per heavy atom. The molecule has 0 bridgehead atoms. The standard InChI is InChI=1S/2C36H22BN3.C36H21BN2S.C24H15BN2/c1-6-16-30-24(11-1)25-12-4-9-19-33(25)39-35-22-23(21-29-28-15-5-10-20-34(28)40(36(29)35)37(30)39)38-31-17-7-2-13-26(31)27-14-3-8-18-32(27)38;1-5-15-30-24(10-1)29-22-23(38-31-16-6-2-11-25(31)26-12-3-7-17-32(26)38)20-21-34(29)39-35-19-9-14-28-27-13-4-8-18-33(27)40(36(28)35)37(30)39;1-4-15-30-24(9-1)29-21-22(23-12-7-14-28-26-11-3-6-18-34(26)40-36(23)28)19-20-32(29)38-33-17-8-13-27-25-10-2-5-16-31(25)39(35(27)33)37(30)38;1-4-12-20-16(8-1)17-9-2-5-13-21(17)26-23-15-7-11-19-18-10-3-6-14-22(18)27(24(19)23)25(20)26/h2*1-22H;1-21H;1-15H. The highest BCUT2D eigenvalue weighted by molar-refractivity contribution is 7.26. The molecule has 7 aromatic heterocycles. The Labute approximate surface area is 849 Å². The molecule has 8 aliphatic rings. The van der Waals surface area contributed by atoms with Crippen molar-refractivity contribution in [2.75, 3.05) is 19.2 Å². The van der Waals surface area contributed by atoms with Gasteiger partial charge >= 0.3 is 27.9 Å². The Kier molecular flexibility index (Phi) is 16.3. The van der Waals surface area contributed by atoms with E-state index in [4.69, 9.17) is 0 Å². The molecule has 0 N–H and O–H groups in total. The van der Waals surface area contributed by atoms with Gasteiger partial charge in [0.25, 0.3) is 0 Å². The van der Waals surface area contributed by atoms with Crippen molar-refractivity contribution in [1.82, 2.24) is 27.0 Å². The molecular formula is C132H80B4N10S. The summed E-state index contributed by atoms with van der Waals surface area (Å²) in [6.45, 7) is 0.413. The fourth-order valence-electron chi connectivity index (χ4n) is 27.5. The van der Waals surface area contributed by atoms with E-state index in [1.165, 1.54) is 285 Å². The molecule has 0 spiro atoms. The summed E-state index contributed by atoms with van der Waals surface area (Å²) >= 11 is 1.90. The van der Waals surface area contributed by atoms with Gasteiger partial charge in [0.05, 0.1) is 66.9 Å². The van der Waals surface area contributed by atoms with Gasteiger partial charge in [-0.25, -0.2) is 0 Å². The number of rotatable bonds is 3. The Bertz CT molecular complexity index is 10800. The second kappa shape index (κ2) is 30.0. The quantitative estimate of drug-likeness (QED) is 0.165. The van der Waals surface area contributed by atoms with Crippen LogP contribution < -0.4 is 41.1 Å². The van der Waals surface area contributed by atoms with Crippen molar-refractivity contribution in [3.63, 3.8) is 0 Å². The zero-order valence-corrected chi connectivity index (χ0v) is 80.2. The Balaban J connectivity index is 0.0000000848. The van der Waals surface area contributed by atoms with Gasteiger partial charge in [0.1, 0.15) is 0 Å². The van der Waals surface area contributed by atoms with Crippen LogP contribution in [0.1, 0.15) is 0 Å². The van der Waals surface area contributed by atoms with Crippen LogP contribution >= 0.6 is 11.3 Å². The second-order valence-corrected chi connectivity index (χ2v) is 41.3. The summed E-state index contributed by atoms with van der Waals surface area (Å²) in [7, 11) is 0. The zero-order chi connectivity index (χ0) is 95.4. The number of nitrogens with zero attached hydrogens (tertiary/aromatic N) is 10. The van der Waals surface area contributed by atoms with Crippen LogP contribution in [-0.4, -0.2) is 55.0 Å². The molecule has 15 heterocycles. The van der Waals surface area contributed by atoms with Gasteiger partial charge < -0.3 is 46.3 Å².